The second kappa shape index (κ2) is 13.9. The van der Waals surface area contributed by atoms with Crippen molar-refractivity contribution in [2.75, 3.05) is 17.1 Å². The topological polar surface area (TPSA) is 86.8 Å². The van der Waals surface area contributed by atoms with Crippen LogP contribution in [0.4, 0.5) is 5.69 Å². The Hall–Kier alpha value is -2.00. The lowest BCUT2D eigenvalue weighted by Gasteiger charge is -2.32. The molecule has 0 radical (unpaired) electrons. The first-order chi connectivity index (χ1) is 18.0. The number of hydrogen-bond donors (Lipinski definition) is 1. The van der Waals surface area contributed by atoms with Gasteiger partial charge in [-0.1, -0.05) is 66.2 Å². The van der Waals surface area contributed by atoms with E-state index in [9.17, 15) is 18.0 Å². The highest BCUT2D eigenvalue weighted by Crippen LogP contribution is 2.28. The first-order valence-corrected chi connectivity index (χ1v) is 15.7. The fourth-order valence-electron chi connectivity index (χ4n) is 4.64. The van der Waals surface area contributed by atoms with Crippen LogP contribution in [0.1, 0.15) is 57.4 Å². The summed E-state index contributed by atoms with van der Waals surface area (Å²) in [5, 5.41) is 4.31. The summed E-state index contributed by atoms with van der Waals surface area (Å²) < 4.78 is 26.1. The Balaban J connectivity index is 1.76. The Kier molecular flexibility index (Phi) is 11.2. The fraction of sp³-hybridized carbons (Fsp3) is 0.481. The van der Waals surface area contributed by atoms with Gasteiger partial charge in [-0.15, -0.1) is 0 Å². The van der Waals surface area contributed by atoms with Crippen LogP contribution in [-0.4, -0.2) is 50.0 Å². The summed E-state index contributed by atoms with van der Waals surface area (Å²) in [5.41, 5.74) is 0.977. The SMILES string of the molecule is CC(C(=O)NC1CCCCC1)N(Cc1c(Cl)cccc1Cl)C(=O)CCCN(c1cccc(Cl)c1)S(C)(=O)=O. The lowest BCUT2D eigenvalue weighted by Crippen LogP contribution is -2.50. The third-order valence-electron chi connectivity index (χ3n) is 6.76. The van der Waals surface area contributed by atoms with Gasteiger partial charge < -0.3 is 10.2 Å². The average Bonchev–Trinajstić information content (AvgIpc) is 2.86. The van der Waals surface area contributed by atoms with Crippen molar-refractivity contribution >= 4 is 62.3 Å². The molecule has 0 heterocycles. The van der Waals surface area contributed by atoms with E-state index in [0.29, 0.717) is 26.3 Å². The molecule has 0 spiro atoms. The number of carbonyl (C=O) groups is 2. The monoisotopic (exact) mass is 601 g/mol. The maximum absolute atomic E-state index is 13.5. The van der Waals surface area contributed by atoms with Crippen LogP contribution in [0.2, 0.25) is 15.1 Å². The maximum atomic E-state index is 13.5. The molecule has 1 unspecified atom stereocenters. The molecule has 2 amide bonds. The molecular formula is C27H34Cl3N3O4S. The van der Waals surface area contributed by atoms with E-state index >= 15 is 0 Å². The van der Waals surface area contributed by atoms with Crippen LogP contribution in [0, 0.1) is 0 Å². The van der Waals surface area contributed by atoms with Crippen molar-refractivity contribution in [1.82, 2.24) is 10.2 Å². The second-order valence-electron chi connectivity index (χ2n) is 9.66. The van der Waals surface area contributed by atoms with Crippen LogP contribution in [-0.2, 0) is 26.2 Å². The standard InChI is InChI=1S/C27H34Cl3N3O4S/c1-19(27(35)31-21-10-4-3-5-11-21)32(18-23-24(29)13-7-14-25(23)30)26(34)15-8-16-33(38(2,36)37)22-12-6-9-20(28)17-22/h6-7,9,12-14,17,19,21H,3-5,8,10-11,15-16,18H2,1-2H3,(H,31,35). The van der Waals surface area contributed by atoms with Crippen molar-refractivity contribution in [3.63, 3.8) is 0 Å². The third-order valence-corrected chi connectivity index (χ3v) is 8.89. The van der Waals surface area contributed by atoms with Gasteiger partial charge in [-0.05, 0) is 56.5 Å². The molecule has 1 saturated carbocycles. The minimum atomic E-state index is -3.61. The highest BCUT2D eigenvalue weighted by atomic mass is 35.5. The predicted octanol–water partition coefficient (Wildman–Crippen LogP) is 6.06. The molecule has 2 aromatic carbocycles. The first kappa shape index (κ1) is 30.5. The largest absolute Gasteiger partial charge is 0.352 e. The van der Waals surface area contributed by atoms with Gasteiger partial charge in [0.1, 0.15) is 6.04 Å². The van der Waals surface area contributed by atoms with Gasteiger partial charge in [-0.2, -0.15) is 0 Å². The quantitative estimate of drug-likeness (QED) is 0.339. The fourth-order valence-corrected chi connectivity index (χ4v) is 6.30. The highest BCUT2D eigenvalue weighted by Gasteiger charge is 2.29. The van der Waals surface area contributed by atoms with Gasteiger partial charge in [0.2, 0.25) is 21.8 Å². The number of hydrogen-bond acceptors (Lipinski definition) is 4. The minimum absolute atomic E-state index is 0.0235. The number of sulfonamides is 1. The number of nitrogens with zero attached hydrogens (tertiary/aromatic N) is 2. The number of amides is 2. The third kappa shape index (κ3) is 8.50. The van der Waals surface area contributed by atoms with Gasteiger partial charge in [0.15, 0.2) is 0 Å². The summed E-state index contributed by atoms with van der Waals surface area (Å²) in [5.74, 6) is -0.531. The molecule has 3 rings (SSSR count). The van der Waals surface area contributed by atoms with Crippen LogP contribution in [0.25, 0.3) is 0 Å². The van der Waals surface area contributed by atoms with E-state index in [1.807, 2.05) is 0 Å². The van der Waals surface area contributed by atoms with Crippen molar-refractivity contribution in [2.45, 2.75) is 70.5 Å². The van der Waals surface area contributed by atoms with E-state index in [0.717, 1.165) is 38.4 Å². The molecular weight excluding hydrogens is 569 g/mol. The van der Waals surface area contributed by atoms with Crippen molar-refractivity contribution in [1.29, 1.82) is 0 Å². The Morgan fingerprint density at radius 1 is 1.03 bits per heavy atom. The average molecular weight is 603 g/mol. The summed E-state index contributed by atoms with van der Waals surface area (Å²) in [6.45, 7) is 1.82. The van der Waals surface area contributed by atoms with Crippen LogP contribution in [0.15, 0.2) is 42.5 Å². The van der Waals surface area contributed by atoms with Crippen LogP contribution in [0.5, 0.6) is 0 Å². The van der Waals surface area contributed by atoms with Crippen molar-refractivity contribution in [3.05, 3.63) is 63.1 Å². The summed E-state index contributed by atoms with van der Waals surface area (Å²) in [6.07, 6.45) is 6.52. The molecule has 208 valence electrons. The van der Waals surface area contributed by atoms with E-state index in [-0.39, 0.29) is 43.8 Å². The van der Waals surface area contributed by atoms with Crippen LogP contribution >= 0.6 is 34.8 Å². The molecule has 1 aliphatic carbocycles. The van der Waals surface area contributed by atoms with Crippen LogP contribution in [0.3, 0.4) is 0 Å². The summed E-state index contributed by atoms with van der Waals surface area (Å²) in [7, 11) is -3.61. The number of carbonyl (C=O) groups excluding carboxylic acids is 2. The van der Waals surface area contributed by atoms with Crippen molar-refractivity contribution in [3.8, 4) is 0 Å². The Labute approximate surface area is 240 Å². The summed E-state index contributed by atoms with van der Waals surface area (Å²) >= 11 is 18.8. The van der Waals surface area contributed by atoms with E-state index < -0.39 is 16.1 Å². The molecule has 0 saturated heterocycles. The Morgan fingerprint density at radius 2 is 1.66 bits per heavy atom. The zero-order chi connectivity index (χ0) is 27.9. The van der Waals surface area contributed by atoms with E-state index in [4.69, 9.17) is 34.8 Å². The molecule has 11 heteroatoms. The summed E-state index contributed by atoms with van der Waals surface area (Å²) in [4.78, 5) is 28.1. The molecule has 1 N–H and O–H groups in total. The van der Waals surface area contributed by atoms with Gasteiger partial charge in [-0.3, -0.25) is 13.9 Å². The second-order valence-corrected chi connectivity index (χ2v) is 12.8. The molecule has 1 atom stereocenters. The smallest absolute Gasteiger partial charge is 0.242 e. The predicted molar refractivity (Wildman–Crippen MR) is 154 cm³/mol. The number of nitrogens with one attached hydrogen (secondary N) is 1. The van der Waals surface area contributed by atoms with E-state index in [2.05, 4.69) is 5.32 Å². The number of halogens is 3. The minimum Gasteiger partial charge on any atom is -0.352 e. The van der Waals surface area contributed by atoms with E-state index in [1.165, 1.54) is 9.21 Å². The molecule has 38 heavy (non-hydrogen) atoms. The van der Waals surface area contributed by atoms with Gasteiger partial charge in [0.25, 0.3) is 0 Å². The zero-order valence-electron chi connectivity index (χ0n) is 21.6. The molecule has 1 fully saturated rings. The van der Waals surface area contributed by atoms with Crippen LogP contribution < -0.4 is 9.62 Å². The molecule has 0 aliphatic heterocycles. The lowest BCUT2D eigenvalue weighted by molar-refractivity contribution is -0.141. The zero-order valence-corrected chi connectivity index (χ0v) is 24.7. The molecule has 2 aromatic rings. The highest BCUT2D eigenvalue weighted by molar-refractivity contribution is 7.92. The number of rotatable bonds is 11. The van der Waals surface area contributed by atoms with Crippen molar-refractivity contribution in [2.24, 2.45) is 0 Å². The first-order valence-electron chi connectivity index (χ1n) is 12.7. The normalized spacial score (nSPS) is 15.1. The molecule has 7 nitrogen and oxygen atoms in total. The Bertz CT molecular complexity index is 1220. The molecule has 0 bridgehead atoms. The molecule has 1 aliphatic rings. The van der Waals surface area contributed by atoms with Crippen molar-refractivity contribution < 1.29 is 18.0 Å². The summed E-state index contributed by atoms with van der Waals surface area (Å²) in [6, 6.07) is 11.0. The Morgan fingerprint density at radius 3 is 2.26 bits per heavy atom. The van der Waals surface area contributed by atoms with Gasteiger partial charge in [0, 0.05) is 46.2 Å². The number of benzene rings is 2. The lowest BCUT2D eigenvalue weighted by atomic mass is 9.95. The molecule has 0 aromatic heterocycles. The van der Waals surface area contributed by atoms with E-state index in [1.54, 1.807) is 49.4 Å². The van der Waals surface area contributed by atoms with Gasteiger partial charge >= 0.3 is 0 Å². The number of anilines is 1. The maximum Gasteiger partial charge on any atom is 0.242 e. The van der Waals surface area contributed by atoms with Gasteiger partial charge in [0.05, 0.1) is 11.9 Å². The van der Waals surface area contributed by atoms with Gasteiger partial charge in [-0.25, -0.2) is 8.42 Å².